The van der Waals surface area contributed by atoms with E-state index in [0.717, 1.165) is 87.5 Å². The lowest BCUT2D eigenvalue weighted by molar-refractivity contribution is 0.0900. The number of carbonyl (C=O) groups excluding carboxylic acids is 2. The van der Waals surface area contributed by atoms with Crippen LogP contribution in [0.4, 0.5) is 10.2 Å². The molecule has 2 aliphatic carbocycles. The van der Waals surface area contributed by atoms with Gasteiger partial charge in [0.1, 0.15) is 17.3 Å². The average Bonchev–Trinajstić information content (AvgIpc) is 4.28. The van der Waals surface area contributed by atoms with Crippen LogP contribution in [0.25, 0.3) is 0 Å². The maximum absolute atomic E-state index is 14.5. The molecule has 0 atom stereocenters. The number of halogens is 1. The zero-order valence-corrected chi connectivity index (χ0v) is 41.1. The average molecular weight is 957 g/mol. The van der Waals surface area contributed by atoms with E-state index in [1.807, 2.05) is 39.8 Å². The topological polar surface area (TPSA) is 161 Å². The third-order valence-electron chi connectivity index (χ3n) is 12.6. The van der Waals surface area contributed by atoms with Crippen LogP contribution < -0.4 is 34.9 Å². The predicted molar refractivity (Wildman–Crippen MR) is 261 cm³/mol. The van der Waals surface area contributed by atoms with E-state index in [1.54, 1.807) is 30.5 Å². The van der Waals surface area contributed by atoms with Gasteiger partial charge in [0.15, 0.2) is 21.3 Å². The maximum Gasteiger partial charge on any atom is 0.253 e. The lowest BCUT2D eigenvalue weighted by atomic mass is 10.0. The Morgan fingerprint density at radius 2 is 1.12 bits per heavy atom. The number of ether oxygens (including phenoxy) is 4. The second-order valence-corrected chi connectivity index (χ2v) is 20.1. The van der Waals surface area contributed by atoms with Gasteiger partial charge in [-0.1, -0.05) is 6.07 Å². The lowest BCUT2D eigenvalue weighted by Gasteiger charge is -2.32. The fourth-order valence-electron chi connectivity index (χ4n) is 8.75. The van der Waals surface area contributed by atoms with Crippen molar-refractivity contribution >= 4 is 27.5 Å². The Kier molecular flexibility index (Phi) is 17.6. The van der Waals surface area contributed by atoms with Gasteiger partial charge in [0, 0.05) is 81.0 Å². The van der Waals surface area contributed by atoms with Gasteiger partial charge in [0.2, 0.25) is 5.82 Å². The number of likely N-dealkylation sites (tertiary alicyclic amines) is 2. The molecule has 16 heteroatoms. The highest BCUT2D eigenvalue weighted by atomic mass is 32.2. The number of hydrogen-bond donors (Lipinski definition) is 3. The summed E-state index contributed by atoms with van der Waals surface area (Å²) in [5.41, 5.74) is 4.31. The van der Waals surface area contributed by atoms with Gasteiger partial charge in [-0.15, -0.1) is 0 Å². The van der Waals surface area contributed by atoms with E-state index in [4.69, 9.17) is 18.9 Å². The number of rotatable bonds is 20. The number of benzene rings is 3. The molecule has 2 aliphatic heterocycles. The molecular weight excluding hydrogens is 888 g/mol. The van der Waals surface area contributed by atoms with Crippen LogP contribution in [0.5, 0.6) is 23.0 Å². The molecule has 0 unspecified atom stereocenters. The van der Waals surface area contributed by atoms with Gasteiger partial charge < -0.3 is 34.9 Å². The minimum absolute atomic E-state index is 0.0656. The monoisotopic (exact) mass is 956 g/mol. The van der Waals surface area contributed by atoms with Crippen LogP contribution in [0.15, 0.2) is 71.8 Å². The first-order chi connectivity index (χ1) is 32.8. The Bertz CT molecular complexity index is 2380. The van der Waals surface area contributed by atoms with Crippen molar-refractivity contribution in [1.82, 2.24) is 25.4 Å². The zero-order valence-electron chi connectivity index (χ0n) is 40.3. The quantitative estimate of drug-likeness (QED) is 0.0782. The number of piperidine rings is 2. The van der Waals surface area contributed by atoms with Crippen molar-refractivity contribution in [3.63, 3.8) is 0 Å². The molecule has 4 fully saturated rings. The number of carbonyl (C=O) groups is 2. The van der Waals surface area contributed by atoms with E-state index < -0.39 is 15.7 Å². The van der Waals surface area contributed by atoms with Crippen molar-refractivity contribution in [3.05, 3.63) is 100 Å². The summed E-state index contributed by atoms with van der Waals surface area (Å²) < 4.78 is 61.0. The molecule has 68 heavy (non-hydrogen) atoms. The number of amides is 2. The number of anilines is 1. The van der Waals surface area contributed by atoms with Crippen molar-refractivity contribution < 1.29 is 41.3 Å². The van der Waals surface area contributed by atoms with Gasteiger partial charge in [0.25, 0.3) is 11.8 Å². The first-order valence-corrected chi connectivity index (χ1v) is 26.3. The van der Waals surface area contributed by atoms with Crippen molar-refractivity contribution in [2.75, 3.05) is 64.2 Å². The van der Waals surface area contributed by atoms with E-state index in [9.17, 15) is 22.4 Å². The molecule has 8 rings (SSSR count). The van der Waals surface area contributed by atoms with Gasteiger partial charge in [0.05, 0.1) is 36.9 Å². The number of pyridine rings is 1. The van der Waals surface area contributed by atoms with Crippen LogP contribution in [-0.2, 0) is 22.9 Å². The Morgan fingerprint density at radius 3 is 1.56 bits per heavy atom. The van der Waals surface area contributed by atoms with E-state index in [-0.39, 0.29) is 40.3 Å². The van der Waals surface area contributed by atoms with Gasteiger partial charge in [-0.2, -0.15) is 4.39 Å². The molecule has 368 valence electrons. The summed E-state index contributed by atoms with van der Waals surface area (Å²) in [6.07, 6.45) is 10.9. The summed E-state index contributed by atoms with van der Waals surface area (Å²) in [4.78, 5) is 34.5. The minimum atomic E-state index is -3.35. The highest BCUT2D eigenvalue weighted by Crippen LogP contribution is 2.49. The predicted octanol–water partition coefficient (Wildman–Crippen LogP) is 8.15. The van der Waals surface area contributed by atoms with Crippen molar-refractivity contribution in [2.24, 2.45) is 0 Å². The molecule has 0 bridgehead atoms. The van der Waals surface area contributed by atoms with Gasteiger partial charge in [-0.3, -0.25) is 19.4 Å². The second kappa shape index (κ2) is 23.7. The fraction of sp³-hybridized carbons (Fsp3) is 0.519. The molecule has 2 saturated carbocycles. The van der Waals surface area contributed by atoms with E-state index >= 15 is 0 Å². The normalized spacial score (nSPS) is 17.1. The summed E-state index contributed by atoms with van der Waals surface area (Å²) in [7, 11) is -3.35. The number of nitrogens with zero attached hydrogens (tertiary/aromatic N) is 3. The molecule has 4 aromatic rings. The van der Waals surface area contributed by atoms with Crippen LogP contribution in [-0.4, -0.2) is 112 Å². The van der Waals surface area contributed by atoms with Crippen LogP contribution in [0, 0.1) is 5.82 Å². The van der Waals surface area contributed by atoms with E-state index in [2.05, 4.69) is 42.9 Å². The third kappa shape index (κ3) is 14.3. The Hall–Kier alpha value is -5.45. The van der Waals surface area contributed by atoms with Gasteiger partial charge in [-0.25, -0.2) is 13.4 Å². The van der Waals surface area contributed by atoms with Crippen molar-refractivity contribution in [2.45, 2.75) is 121 Å². The zero-order chi connectivity index (χ0) is 48.2. The molecule has 3 N–H and O–H groups in total. The summed E-state index contributed by atoms with van der Waals surface area (Å²) in [5.74, 6) is 2.97. The second-order valence-electron chi connectivity index (χ2n) is 18.1. The van der Waals surface area contributed by atoms with Crippen LogP contribution in [0.3, 0.4) is 0 Å². The molecule has 14 nitrogen and oxygen atoms in total. The van der Waals surface area contributed by atoms with Crippen molar-refractivity contribution in [1.29, 1.82) is 0 Å². The van der Waals surface area contributed by atoms with Crippen LogP contribution >= 0.6 is 0 Å². The first kappa shape index (κ1) is 50.4. The number of hydrogen-bond acceptors (Lipinski definition) is 12. The molecule has 1 aromatic heterocycles. The molecule has 4 aliphatic rings. The fourth-order valence-corrected chi connectivity index (χ4v) is 9.42. The van der Waals surface area contributed by atoms with E-state index in [1.165, 1.54) is 48.9 Å². The number of nitrogens with one attached hydrogen (secondary N) is 3. The van der Waals surface area contributed by atoms with Crippen molar-refractivity contribution in [3.8, 4) is 23.0 Å². The minimum Gasteiger partial charge on any atom is -0.493 e. The van der Waals surface area contributed by atoms with Gasteiger partial charge in [-0.05, 0) is 151 Å². The molecule has 0 radical (unpaired) electrons. The number of aromatic nitrogens is 1. The highest BCUT2D eigenvalue weighted by Gasteiger charge is 2.32. The summed E-state index contributed by atoms with van der Waals surface area (Å²) in [6.45, 7) is 14.7. The molecule has 2 saturated heterocycles. The maximum atomic E-state index is 14.5. The highest BCUT2D eigenvalue weighted by molar-refractivity contribution is 7.90. The molecule has 0 spiro atoms. The largest absolute Gasteiger partial charge is 0.493 e. The van der Waals surface area contributed by atoms with Gasteiger partial charge >= 0.3 is 0 Å². The molecule has 3 heterocycles. The Balaban J connectivity index is 0.000000202. The first-order valence-electron chi connectivity index (χ1n) is 24.4. The lowest BCUT2D eigenvalue weighted by Crippen LogP contribution is -2.44. The smallest absolute Gasteiger partial charge is 0.253 e. The SMILES string of the molecule is CCOc1cc(CN2CCC(NC(=O)c3ccc(NC4CC4)nc3)CC2)cc(OCC)c1F.CCOc1cc(CN2CCC(NC(=O)c3cccc(S(C)(=O)=O)c3)CC2)cc(OCC)c1C1CC1. The Morgan fingerprint density at radius 1 is 0.632 bits per heavy atom. The summed E-state index contributed by atoms with van der Waals surface area (Å²) >= 11 is 0. The molecular formula is C52H69FN6O8S. The van der Waals surface area contributed by atoms with Crippen LogP contribution in [0.1, 0.15) is 122 Å². The van der Waals surface area contributed by atoms with E-state index in [0.29, 0.717) is 56.1 Å². The van der Waals surface area contributed by atoms with Crippen LogP contribution in [0.2, 0.25) is 0 Å². The molecule has 2 amide bonds. The summed E-state index contributed by atoms with van der Waals surface area (Å²) in [5, 5.41) is 9.54. The standard InChI is InChI=1S/C27H36N2O5S.C25H33FN4O3/c1-4-33-24-15-19(16-25(34-5-2)26(24)20-9-10-20)18-29-13-11-22(12-14-29)28-27(30)21-7-6-8-23(17-21)35(3,31)32;1-3-32-21-13-17(14-22(24(21)26)33-4-2)16-30-11-9-20(10-12-30)29-25(31)18-5-8-23(27-15-18)28-19-6-7-19/h6-8,15-17,20,22H,4-5,9-14,18H2,1-3H3,(H,28,30);5,8,13-15,19-20H,3-4,6-7,9-12,16H2,1-2H3,(H,27,28)(H,29,31). The number of sulfone groups is 1. The molecule has 3 aromatic carbocycles. The third-order valence-corrected chi connectivity index (χ3v) is 13.7. The Labute approximate surface area is 401 Å². The summed E-state index contributed by atoms with van der Waals surface area (Å²) in [6, 6.07) is 18.5.